The van der Waals surface area contributed by atoms with Crippen LogP contribution in [0.2, 0.25) is 0 Å². The second-order valence-electron chi connectivity index (χ2n) is 8.98. The fourth-order valence-electron chi connectivity index (χ4n) is 4.47. The molecule has 1 saturated carbocycles. The Morgan fingerprint density at radius 2 is 1.57 bits per heavy atom. The highest BCUT2D eigenvalue weighted by Gasteiger charge is 2.26. The number of carbonyl (C=O) groups excluding carboxylic acids is 2. The third-order valence-corrected chi connectivity index (χ3v) is 7.99. The van der Waals surface area contributed by atoms with Crippen LogP contribution in [0.15, 0.2) is 60.0 Å². The molecule has 2 fully saturated rings. The number of hydrogen-bond acceptors (Lipinski definition) is 5. The lowest BCUT2D eigenvalue weighted by Crippen LogP contribution is -2.50. The highest BCUT2D eigenvalue weighted by atomic mass is 32.2. The van der Waals surface area contributed by atoms with E-state index < -0.39 is 10.0 Å². The van der Waals surface area contributed by atoms with Gasteiger partial charge in [0.25, 0.3) is 5.91 Å². The van der Waals surface area contributed by atoms with Gasteiger partial charge < -0.3 is 10.6 Å². The van der Waals surface area contributed by atoms with Gasteiger partial charge in [-0.05, 0) is 36.6 Å². The summed E-state index contributed by atoms with van der Waals surface area (Å²) < 4.78 is 26.7. The number of para-hydroxylation sites is 1. The Kier molecular flexibility index (Phi) is 8.33. The van der Waals surface area contributed by atoms with Gasteiger partial charge in [-0.1, -0.05) is 55.3 Å². The van der Waals surface area contributed by atoms with E-state index in [9.17, 15) is 18.0 Å². The molecule has 0 radical (unpaired) electrons. The van der Waals surface area contributed by atoms with Crippen LogP contribution in [-0.4, -0.2) is 68.2 Å². The first-order valence-corrected chi connectivity index (χ1v) is 13.6. The number of carbonyl (C=O) groups is 2. The van der Waals surface area contributed by atoms with Gasteiger partial charge in [0, 0.05) is 37.6 Å². The summed E-state index contributed by atoms with van der Waals surface area (Å²) in [5, 5.41) is 7.15. The van der Waals surface area contributed by atoms with Gasteiger partial charge in [0.15, 0.2) is 0 Å². The topological polar surface area (TPSA) is 98.8 Å². The van der Waals surface area contributed by atoms with E-state index in [2.05, 4.69) is 10.6 Å². The molecule has 1 aliphatic carbocycles. The summed E-state index contributed by atoms with van der Waals surface area (Å²) in [6.07, 6.45) is 5.83. The Bertz CT molecular complexity index is 1150. The lowest BCUT2D eigenvalue weighted by molar-refractivity contribution is -0.117. The summed E-state index contributed by atoms with van der Waals surface area (Å²) >= 11 is 0. The van der Waals surface area contributed by atoms with Crippen LogP contribution < -0.4 is 10.6 Å². The third kappa shape index (κ3) is 7.00. The van der Waals surface area contributed by atoms with Crippen molar-refractivity contribution >= 4 is 33.6 Å². The van der Waals surface area contributed by atoms with Crippen LogP contribution in [0.1, 0.15) is 41.6 Å². The van der Waals surface area contributed by atoms with Crippen LogP contribution in [0.25, 0.3) is 6.08 Å². The minimum atomic E-state index is -3.53. The number of rotatable bonds is 8. The maximum atomic E-state index is 12.7. The van der Waals surface area contributed by atoms with Crippen molar-refractivity contribution in [3.63, 3.8) is 0 Å². The largest absolute Gasteiger partial charge is 0.349 e. The molecule has 1 heterocycles. The normalized spacial score (nSPS) is 18.1. The zero-order chi connectivity index (χ0) is 24.7. The van der Waals surface area contributed by atoms with Crippen molar-refractivity contribution in [1.29, 1.82) is 0 Å². The highest BCUT2D eigenvalue weighted by molar-refractivity contribution is 7.92. The van der Waals surface area contributed by atoms with Crippen LogP contribution in [0.5, 0.6) is 0 Å². The van der Waals surface area contributed by atoms with Crippen LogP contribution >= 0.6 is 0 Å². The molecule has 2 amide bonds. The zero-order valence-electron chi connectivity index (χ0n) is 19.7. The number of hydrogen-bond donors (Lipinski definition) is 2. The fourth-order valence-corrected chi connectivity index (χ4v) is 5.65. The average Bonchev–Trinajstić information content (AvgIpc) is 3.37. The first-order valence-electron chi connectivity index (χ1n) is 12.1. The maximum Gasteiger partial charge on any atom is 0.253 e. The van der Waals surface area contributed by atoms with Crippen molar-refractivity contribution in [3.8, 4) is 0 Å². The first-order chi connectivity index (χ1) is 16.9. The van der Waals surface area contributed by atoms with Gasteiger partial charge >= 0.3 is 0 Å². The molecule has 0 bridgehead atoms. The Hall–Kier alpha value is -3.01. The number of nitrogens with zero attached hydrogens (tertiary/aromatic N) is 2. The van der Waals surface area contributed by atoms with E-state index in [1.54, 1.807) is 30.3 Å². The van der Waals surface area contributed by atoms with E-state index in [1.165, 1.54) is 9.71 Å². The lowest BCUT2D eigenvalue weighted by Gasteiger charge is -2.32. The summed E-state index contributed by atoms with van der Waals surface area (Å²) in [5.74, 6) is -0.401. The van der Waals surface area contributed by atoms with E-state index >= 15 is 0 Å². The quantitative estimate of drug-likeness (QED) is 0.586. The van der Waals surface area contributed by atoms with Crippen molar-refractivity contribution < 1.29 is 18.0 Å². The Labute approximate surface area is 207 Å². The number of anilines is 1. The Morgan fingerprint density at radius 3 is 2.29 bits per heavy atom. The van der Waals surface area contributed by atoms with Gasteiger partial charge in [0.1, 0.15) is 0 Å². The molecule has 9 heteroatoms. The van der Waals surface area contributed by atoms with Crippen LogP contribution in [0.4, 0.5) is 5.69 Å². The van der Waals surface area contributed by atoms with Gasteiger partial charge in [-0.2, -0.15) is 4.31 Å². The van der Waals surface area contributed by atoms with Gasteiger partial charge in [0.05, 0.1) is 17.8 Å². The van der Waals surface area contributed by atoms with E-state index in [4.69, 9.17) is 0 Å². The molecule has 2 aliphatic rings. The van der Waals surface area contributed by atoms with Crippen molar-refractivity contribution in [2.75, 3.05) is 38.0 Å². The number of amides is 2. The molecule has 0 aromatic heterocycles. The molecule has 2 aromatic carbocycles. The molecule has 1 aliphatic heterocycles. The molecule has 186 valence electrons. The zero-order valence-corrected chi connectivity index (χ0v) is 20.5. The average molecular weight is 497 g/mol. The molecular weight excluding hydrogens is 464 g/mol. The molecule has 8 nitrogen and oxygen atoms in total. The summed E-state index contributed by atoms with van der Waals surface area (Å²) in [7, 11) is -3.53. The minimum absolute atomic E-state index is 0.131. The molecule has 2 N–H and O–H groups in total. The van der Waals surface area contributed by atoms with E-state index in [1.807, 2.05) is 35.2 Å². The summed E-state index contributed by atoms with van der Waals surface area (Å²) in [6, 6.07) is 16.5. The molecule has 0 unspecified atom stereocenters. The second-order valence-corrected chi connectivity index (χ2v) is 10.8. The standard InChI is InChI=1S/C26H32N4O4S/c31-25(28-24-13-7-6-12-23(24)26(32)27-22-10-4-5-11-22)20-29-15-17-30(18-16-29)35(33,34)19-14-21-8-2-1-3-9-21/h1-3,6-9,12-14,19,22H,4-5,10-11,15-18,20H2,(H,27,32)(H,28,31)/b19-14+. The lowest BCUT2D eigenvalue weighted by atomic mass is 10.1. The molecular formula is C26H32N4O4S. The monoisotopic (exact) mass is 496 g/mol. The number of piperazine rings is 1. The predicted octanol–water partition coefficient (Wildman–Crippen LogP) is 2.92. The minimum Gasteiger partial charge on any atom is -0.349 e. The van der Waals surface area contributed by atoms with Crippen LogP contribution in [0.3, 0.4) is 0 Å². The summed E-state index contributed by atoms with van der Waals surface area (Å²) in [5.41, 5.74) is 1.76. The molecule has 0 atom stereocenters. The van der Waals surface area contributed by atoms with Gasteiger partial charge in [-0.3, -0.25) is 14.5 Å². The van der Waals surface area contributed by atoms with Crippen LogP contribution in [0, 0.1) is 0 Å². The third-order valence-electron chi connectivity index (χ3n) is 6.43. The molecule has 0 spiro atoms. The van der Waals surface area contributed by atoms with Gasteiger partial charge in [-0.15, -0.1) is 0 Å². The summed E-state index contributed by atoms with van der Waals surface area (Å²) in [4.78, 5) is 27.4. The van der Waals surface area contributed by atoms with Crippen LogP contribution in [-0.2, 0) is 14.8 Å². The van der Waals surface area contributed by atoms with E-state index in [0.717, 1.165) is 31.2 Å². The van der Waals surface area contributed by atoms with Gasteiger partial charge in [-0.25, -0.2) is 8.42 Å². The molecule has 4 rings (SSSR count). The Balaban J connectivity index is 1.28. The summed E-state index contributed by atoms with van der Waals surface area (Å²) in [6.45, 7) is 1.67. The number of sulfonamides is 1. The van der Waals surface area contributed by atoms with Crippen molar-refractivity contribution in [2.45, 2.75) is 31.7 Å². The first kappa shape index (κ1) is 25.1. The highest BCUT2D eigenvalue weighted by Crippen LogP contribution is 2.20. The number of nitrogens with one attached hydrogen (secondary N) is 2. The Morgan fingerprint density at radius 1 is 0.914 bits per heavy atom. The maximum absolute atomic E-state index is 12.7. The fraction of sp³-hybridized carbons (Fsp3) is 0.385. The SMILES string of the molecule is O=C(CN1CCN(S(=O)(=O)/C=C/c2ccccc2)CC1)Nc1ccccc1C(=O)NC1CCCC1. The van der Waals surface area contributed by atoms with Crippen molar-refractivity contribution in [3.05, 3.63) is 71.1 Å². The number of benzene rings is 2. The van der Waals surface area contributed by atoms with Crippen molar-refractivity contribution in [1.82, 2.24) is 14.5 Å². The molecule has 2 aromatic rings. The molecule has 35 heavy (non-hydrogen) atoms. The predicted molar refractivity (Wildman–Crippen MR) is 137 cm³/mol. The van der Waals surface area contributed by atoms with Crippen molar-refractivity contribution in [2.24, 2.45) is 0 Å². The smallest absolute Gasteiger partial charge is 0.253 e. The van der Waals surface area contributed by atoms with E-state index in [0.29, 0.717) is 37.4 Å². The van der Waals surface area contributed by atoms with Gasteiger partial charge in [0.2, 0.25) is 15.9 Å². The molecule has 1 saturated heterocycles. The van der Waals surface area contributed by atoms with E-state index in [-0.39, 0.29) is 24.4 Å². The second kappa shape index (κ2) is 11.6.